The van der Waals surface area contributed by atoms with E-state index in [2.05, 4.69) is 5.09 Å². The molecule has 0 unspecified atom stereocenters. The van der Waals surface area contributed by atoms with Gasteiger partial charge in [-0.3, -0.25) is 23.7 Å². The highest BCUT2D eigenvalue weighted by molar-refractivity contribution is 7.52. The van der Waals surface area contributed by atoms with Crippen LogP contribution in [0.15, 0.2) is 58.3 Å². The fraction of sp³-hybridized carbons (Fsp3) is 0.423. The van der Waals surface area contributed by atoms with E-state index in [4.69, 9.17) is 30.1 Å². The number of rotatable bonds is 10. The van der Waals surface area contributed by atoms with Gasteiger partial charge in [-0.25, -0.2) is 9.36 Å². The third kappa shape index (κ3) is 6.72. The number of ether oxygens (including phenoxy) is 2. The first-order chi connectivity index (χ1) is 19.2. The number of fused-ring (bicyclic) bond motifs is 1. The summed E-state index contributed by atoms with van der Waals surface area (Å²) in [6.07, 6.45) is -4.09. The van der Waals surface area contributed by atoms with E-state index in [0.717, 1.165) is 5.39 Å². The molecule has 0 saturated carbocycles. The highest BCUT2D eigenvalue weighted by atomic mass is 35.5. The van der Waals surface area contributed by atoms with Crippen molar-refractivity contribution in [3.8, 4) is 5.75 Å². The average molecular weight is 614 g/mol. The molecule has 1 aliphatic heterocycles. The molecule has 41 heavy (non-hydrogen) atoms. The van der Waals surface area contributed by atoms with Crippen LogP contribution in [0.25, 0.3) is 10.8 Å². The molecule has 1 fully saturated rings. The minimum absolute atomic E-state index is 0.187. The van der Waals surface area contributed by atoms with Gasteiger partial charge in [0.2, 0.25) is 5.82 Å². The van der Waals surface area contributed by atoms with Crippen LogP contribution in [-0.2, 0) is 23.4 Å². The molecule has 15 heteroatoms. The molecule has 0 aliphatic carbocycles. The van der Waals surface area contributed by atoms with Crippen molar-refractivity contribution in [3.63, 3.8) is 0 Å². The normalized spacial score (nSPS) is 24.7. The van der Waals surface area contributed by atoms with Crippen LogP contribution in [0.4, 0.5) is 4.39 Å². The van der Waals surface area contributed by atoms with Gasteiger partial charge in [-0.1, -0.05) is 36.4 Å². The number of aliphatic hydroxyl groups is 1. The molecule has 1 saturated heterocycles. The number of nitrogens with zero attached hydrogens (tertiary/aromatic N) is 1. The zero-order valence-corrected chi connectivity index (χ0v) is 24.2. The molecular formula is C26H30ClFN3O9P. The fourth-order valence-corrected chi connectivity index (χ4v) is 6.09. The van der Waals surface area contributed by atoms with E-state index in [1.165, 1.54) is 13.8 Å². The Morgan fingerprint density at radius 3 is 2.63 bits per heavy atom. The summed E-state index contributed by atoms with van der Waals surface area (Å²) in [4.78, 5) is 36.4. The molecule has 1 aliphatic rings. The maximum Gasteiger partial charge on any atom is 0.459 e. The predicted octanol–water partition coefficient (Wildman–Crippen LogP) is 3.22. The van der Waals surface area contributed by atoms with E-state index in [-0.39, 0.29) is 5.75 Å². The summed E-state index contributed by atoms with van der Waals surface area (Å²) < 4.78 is 51.2. The highest BCUT2D eigenvalue weighted by Gasteiger charge is 2.54. The zero-order valence-electron chi connectivity index (χ0n) is 22.6. The largest absolute Gasteiger partial charge is 0.462 e. The Kier molecular flexibility index (Phi) is 9.07. The van der Waals surface area contributed by atoms with Gasteiger partial charge in [-0.05, 0) is 39.1 Å². The number of aromatic amines is 1. The Bertz CT molecular complexity index is 1590. The first-order valence-corrected chi connectivity index (χ1v) is 14.6. The number of alkyl halides is 1. The number of benzene rings is 2. The lowest BCUT2D eigenvalue weighted by Crippen LogP contribution is -2.43. The molecule has 2 heterocycles. The van der Waals surface area contributed by atoms with Crippen LogP contribution in [0, 0.1) is 5.82 Å². The van der Waals surface area contributed by atoms with Crippen LogP contribution in [0.2, 0.25) is 0 Å². The quantitative estimate of drug-likeness (QED) is 0.176. The smallest absolute Gasteiger partial charge is 0.459 e. The van der Waals surface area contributed by atoms with Gasteiger partial charge in [-0.2, -0.15) is 9.48 Å². The topological polar surface area (TPSA) is 158 Å². The monoisotopic (exact) mass is 613 g/mol. The van der Waals surface area contributed by atoms with Crippen molar-refractivity contribution in [1.82, 2.24) is 14.6 Å². The first-order valence-electron chi connectivity index (χ1n) is 12.7. The van der Waals surface area contributed by atoms with Crippen molar-refractivity contribution in [2.75, 3.05) is 6.61 Å². The minimum Gasteiger partial charge on any atom is -0.462 e. The average Bonchev–Trinajstić information content (AvgIpc) is 3.13. The number of nitrogens with one attached hydrogen (secondary N) is 2. The predicted molar refractivity (Wildman–Crippen MR) is 147 cm³/mol. The van der Waals surface area contributed by atoms with Crippen LogP contribution >= 0.6 is 19.3 Å². The summed E-state index contributed by atoms with van der Waals surface area (Å²) in [6, 6.07) is 11.1. The Labute approximate surface area is 238 Å². The van der Waals surface area contributed by atoms with E-state index in [9.17, 15) is 28.4 Å². The van der Waals surface area contributed by atoms with E-state index in [1.807, 2.05) is 18.2 Å². The van der Waals surface area contributed by atoms with E-state index >= 15 is 0 Å². The number of H-pyrrole nitrogens is 1. The molecule has 0 bridgehead atoms. The number of carbonyl (C=O) groups excluding carboxylic acids is 1. The van der Waals surface area contributed by atoms with Crippen molar-refractivity contribution in [2.24, 2.45) is 0 Å². The van der Waals surface area contributed by atoms with Crippen molar-refractivity contribution in [2.45, 2.75) is 63.2 Å². The van der Waals surface area contributed by atoms with Crippen LogP contribution in [-0.4, -0.2) is 56.5 Å². The Hall–Kier alpha value is -3.06. The number of esters is 1. The standard InChI is InChI=1S/C26H30ClFN3O9P/c1-14(2)38-23(34)15(3)30-41(36,40-19-11-7-9-16-8-5-6-10-17(16)19)37-13-20-21(32)26(4,27)24(39-20)31-12-18(28)22(33)29-25(31)35/h5-12,14-15,20-21,24,32H,13H2,1-4H3,(H,30,36)(H,29,33,35)/t15-,20-,21-,24-,26-,41+/m1/s1. The van der Waals surface area contributed by atoms with Crippen molar-refractivity contribution < 1.29 is 37.4 Å². The number of aliphatic hydroxyl groups excluding tert-OH is 1. The molecule has 12 nitrogen and oxygen atoms in total. The second kappa shape index (κ2) is 12.0. The number of aromatic nitrogens is 2. The van der Waals surface area contributed by atoms with Gasteiger partial charge in [0.1, 0.15) is 28.9 Å². The van der Waals surface area contributed by atoms with Gasteiger partial charge in [0.05, 0.1) is 18.9 Å². The van der Waals surface area contributed by atoms with E-state index < -0.39 is 72.8 Å². The van der Waals surface area contributed by atoms with Crippen molar-refractivity contribution in [3.05, 3.63) is 75.3 Å². The molecule has 4 rings (SSSR count). The SMILES string of the molecule is CC(C)OC(=O)[C@@H](C)N[P@](=O)(OC[C@H]1O[C@@H](n2cc(F)c(=O)[nH]c2=O)[C@](C)(Cl)[C@@H]1O)Oc1cccc2ccccc12. The summed E-state index contributed by atoms with van der Waals surface area (Å²) in [5.41, 5.74) is -2.25. The zero-order chi connectivity index (χ0) is 30.1. The third-order valence-electron chi connectivity index (χ3n) is 6.33. The fourth-order valence-electron chi connectivity index (χ4n) is 4.28. The molecule has 0 amide bonds. The summed E-state index contributed by atoms with van der Waals surface area (Å²) >= 11 is 6.52. The third-order valence-corrected chi connectivity index (χ3v) is 8.37. The molecule has 6 atom stereocenters. The van der Waals surface area contributed by atoms with E-state index in [1.54, 1.807) is 43.1 Å². The molecule has 2 aromatic carbocycles. The molecular weight excluding hydrogens is 584 g/mol. The second-order valence-corrected chi connectivity index (χ2v) is 12.5. The van der Waals surface area contributed by atoms with Crippen molar-refractivity contribution >= 4 is 36.1 Å². The minimum atomic E-state index is -4.40. The Morgan fingerprint density at radius 2 is 1.93 bits per heavy atom. The van der Waals surface area contributed by atoms with Gasteiger partial charge in [0, 0.05) is 5.39 Å². The maximum atomic E-state index is 14.1. The van der Waals surface area contributed by atoms with Crippen LogP contribution in [0.1, 0.15) is 33.9 Å². The molecule has 222 valence electrons. The number of hydrogen-bond donors (Lipinski definition) is 3. The number of carbonyl (C=O) groups is 1. The van der Waals surface area contributed by atoms with Gasteiger partial charge in [-0.15, -0.1) is 11.6 Å². The van der Waals surface area contributed by atoms with Crippen LogP contribution in [0.3, 0.4) is 0 Å². The van der Waals surface area contributed by atoms with E-state index in [0.29, 0.717) is 16.2 Å². The summed E-state index contributed by atoms with van der Waals surface area (Å²) in [6.45, 7) is 5.48. The highest BCUT2D eigenvalue weighted by Crippen LogP contribution is 2.49. The van der Waals surface area contributed by atoms with Gasteiger partial charge >= 0.3 is 19.4 Å². The Morgan fingerprint density at radius 1 is 1.24 bits per heavy atom. The molecule has 3 aromatic rings. The summed E-state index contributed by atoms with van der Waals surface area (Å²) in [5.74, 6) is -1.80. The second-order valence-electron chi connectivity index (χ2n) is 9.96. The summed E-state index contributed by atoms with van der Waals surface area (Å²) in [7, 11) is -4.40. The molecule has 0 radical (unpaired) electrons. The van der Waals surface area contributed by atoms with Crippen molar-refractivity contribution in [1.29, 1.82) is 0 Å². The molecule has 0 spiro atoms. The molecule has 3 N–H and O–H groups in total. The van der Waals surface area contributed by atoms with Gasteiger partial charge in [0.25, 0.3) is 5.56 Å². The molecule has 1 aromatic heterocycles. The number of halogens is 2. The number of hydrogen-bond acceptors (Lipinski definition) is 9. The van der Waals surface area contributed by atoms with Gasteiger partial charge in [0.15, 0.2) is 6.23 Å². The lowest BCUT2D eigenvalue weighted by Gasteiger charge is -2.26. The Balaban J connectivity index is 1.61. The van der Waals surface area contributed by atoms with Crippen LogP contribution in [0.5, 0.6) is 5.75 Å². The summed E-state index contributed by atoms with van der Waals surface area (Å²) in [5, 5.41) is 14.9. The maximum absolute atomic E-state index is 14.1. The van der Waals surface area contributed by atoms with Crippen LogP contribution < -0.4 is 20.9 Å². The lowest BCUT2D eigenvalue weighted by atomic mass is 10.0. The first kappa shape index (κ1) is 30.9. The van der Waals surface area contributed by atoms with Gasteiger partial charge < -0.3 is 19.1 Å². The lowest BCUT2D eigenvalue weighted by molar-refractivity contribution is -0.149.